The van der Waals surface area contributed by atoms with Crippen LogP contribution in [0.5, 0.6) is 0 Å². The number of aromatic nitrogens is 2. The van der Waals surface area contributed by atoms with E-state index in [0.29, 0.717) is 18.5 Å². The van der Waals surface area contributed by atoms with Crippen molar-refractivity contribution in [3.05, 3.63) is 93.6 Å². The first-order valence-corrected chi connectivity index (χ1v) is 7.69. The van der Waals surface area contributed by atoms with Crippen LogP contribution in [0.4, 0.5) is 5.69 Å². The number of rotatable bonds is 6. The van der Waals surface area contributed by atoms with E-state index < -0.39 is 4.92 Å². The number of amidine groups is 1. The van der Waals surface area contributed by atoms with Gasteiger partial charge in [-0.2, -0.15) is 0 Å². The summed E-state index contributed by atoms with van der Waals surface area (Å²) in [6.07, 6.45) is 4.08. The third kappa shape index (κ3) is 3.89. The van der Waals surface area contributed by atoms with Gasteiger partial charge in [-0.1, -0.05) is 30.3 Å². The molecule has 25 heavy (non-hydrogen) atoms. The average Bonchev–Trinajstić information content (AvgIpc) is 3.02. The zero-order chi connectivity index (χ0) is 17.8. The lowest BCUT2D eigenvalue weighted by Crippen LogP contribution is -2.12. The van der Waals surface area contributed by atoms with Crippen LogP contribution < -0.4 is 5.73 Å². The monoisotopic (exact) mass is 335 g/mol. The molecule has 0 aliphatic heterocycles. The Morgan fingerprint density at radius 3 is 2.72 bits per heavy atom. The second-order valence-corrected chi connectivity index (χ2v) is 5.69. The van der Waals surface area contributed by atoms with Gasteiger partial charge in [-0.3, -0.25) is 15.5 Å². The van der Waals surface area contributed by atoms with Gasteiger partial charge in [-0.05, 0) is 17.2 Å². The SMILES string of the molecule is N=C(N)c1cccc(Cn2ccnc2Cc2cccc([N+](=O)[O-])c2)c1. The van der Waals surface area contributed by atoms with Crippen LogP contribution in [0.25, 0.3) is 0 Å². The molecule has 0 radical (unpaired) electrons. The molecular weight excluding hydrogens is 318 g/mol. The van der Waals surface area contributed by atoms with Crippen molar-refractivity contribution in [2.24, 2.45) is 5.73 Å². The summed E-state index contributed by atoms with van der Waals surface area (Å²) >= 11 is 0. The molecule has 3 rings (SSSR count). The van der Waals surface area contributed by atoms with E-state index in [1.807, 2.05) is 35.0 Å². The molecule has 0 saturated heterocycles. The summed E-state index contributed by atoms with van der Waals surface area (Å²) in [5.74, 6) is 0.845. The second kappa shape index (κ2) is 6.96. The molecule has 7 nitrogen and oxygen atoms in total. The standard InChI is InChI=1S/C18H17N5O2/c19-18(20)15-5-1-4-14(9-15)12-22-8-7-21-17(22)11-13-3-2-6-16(10-13)23(24)25/h1-10H,11-12H2,(H3,19,20). The molecule has 3 N–H and O–H groups in total. The smallest absolute Gasteiger partial charge is 0.269 e. The number of nitro benzene ring substituents is 1. The van der Waals surface area contributed by atoms with Crippen molar-refractivity contribution in [3.8, 4) is 0 Å². The predicted molar refractivity (Wildman–Crippen MR) is 94.7 cm³/mol. The van der Waals surface area contributed by atoms with Crippen LogP contribution in [-0.4, -0.2) is 20.3 Å². The van der Waals surface area contributed by atoms with Gasteiger partial charge >= 0.3 is 0 Å². The van der Waals surface area contributed by atoms with Crippen LogP contribution in [0, 0.1) is 15.5 Å². The molecule has 0 saturated carbocycles. The summed E-state index contributed by atoms with van der Waals surface area (Å²) in [5, 5.41) is 18.4. The Labute approximate surface area is 144 Å². The minimum atomic E-state index is -0.400. The fourth-order valence-corrected chi connectivity index (χ4v) is 2.65. The number of hydrogen-bond acceptors (Lipinski definition) is 4. The highest BCUT2D eigenvalue weighted by atomic mass is 16.6. The van der Waals surface area contributed by atoms with Crippen molar-refractivity contribution in [2.75, 3.05) is 0 Å². The lowest BCUT2D eigenvalue weighted by Gasteiger charge is -2.09. The number of nitrogens with one attached hydrogen (secondary N) is 1. The zero-order valence-electron chi connectivity index (χ0n) is 13.4. The van der Waals surface area contributed by atoms with Gasteiger partial charge in [-0.25, -0.2) is 4.98 Å². The van der Waals surface area contributed by atoms with E-state index in [-0.39, 0.29) is 11.5 Å². The lowest BCUT2D eigenvalue weighted by molar-refractivity contribution is -0.384. The summed E-state index contributed by atoms with van der Waals surface area (Å²) < 4.78 is 1.98. The van der Waals surface area contributed by atoms with Gasteiger partial charge in [0.2, 0.25) is 0 Å². The van der Waals surface area contributed by atoms with E-state index in [9.17, 15) is 10.1 Å². The minimum absolute atomic E-state index is 0.0318. The summed E-state index contributed by atoms with van der Waals surface area (Å²) in [6, 6.07) is 14.1. The number of non-ortho nitro benzene ring substituents is 1. The number of benzene rings is 2. The van der Waals surface area contributed by atoms with E-state index in [2.05, 4.69) is 4.98 Å². The third-order valence-electron chi connectivity index (χ3n) is 3.88. The van der Waals surface area contributed by atoms with Gasteiger partial charge in [0, 0.05) is 43.1 Å². The number of nitrogens with two attached hydrogens (primary N) is 1. The number of hydrogen-bond donors (Lipinski definition) is 2. The molecule has 3 aromatic rings. The first-order chi connectivity index (χ1) is 12.0. The molecule has 0 amide bonds. The Kier molecular flexibility index (Phi) is 4.56. The van der Waals surface area contributed by atoms with Crippen molar-refractivity contribution < 1.29 is 4.92 Å². The largest absolute Gasteiger partial charge is 0.384 e. The normalized spacial score (nSPS) is 10.6. The molecule has 0 spiro atoms. The topological polar surface area (TPSA) is 111 Å². The summed E-state index contributed by atoms with van der Waals surface area (Å²) in [7, 11) is 0. The third-order valence-corrected chi connectivity index (χ3v) is 3.88. The van der Waals surface area contributed by atoms with E-state index in [1.54, 1.807) is 24.4 Å². The van der Waals surface area contributed by atoms with Crippen molar-refractivity contribution in [2.45, 2.75) is 13.0 Å². The molecule has 7 heteroatoms. The Balaban J connectivity index is 1.81. The molecule has 0 atom stereocenters. The maximum absolute atomic E-state index is 10.9. The zero-order valence-corrected chi connectivity index (χ0v) is 13.4. The van der Waals surface area contributed by atoms with Crippen molar-refractivity contribution in [1.82, 2.24) is 9.55 Å². The van der Waals surface area contributed by atoms with Gasteiger partial charge in [0.1, 0.15) is 11.7 Å². The first-order valence-electron chi connectivity index (χ1n) is 7.69. The minimum Gasteiger partial charge on any atom is -0.384 e. The fourth-order valence-electron chi connectivity index (χ4n) is 2.65. The van der Waals surface area contributed by atoms with Crippen LogP contribution in [-0.2, 0) is 13.0 Å². The molecule has 0 aliphatic rings. The van der Waals surface area contributed by atoms with Crippen molar-refractivity contribution in [3.63, 3.8) is 0 Å². The predicted octanol–water partition coefficient (Wildman–Crippen LogP) is 2.71. The number of nitrogen functional groups attached to an aromatic ring is 1. The fraction of sp³-hybridized carbons (Fsp3) is 0.111. The highest BCUT2D eigenvalue weighted by Crippen LogP contribution is 2.17. The van der Waals surface area contributed by atoms with E-state index in [1.165, 1.54) is 6.07 Å². The number of nitro groups is 1. The van der Waals surface area contributed by atoms with Crippen molar-refractivity contribution in [1.29, 1.82) is 5.41 Å². The molecule has 126 valence electrons. The van der Waals surface area contributed by atoms with Crippen LogP contribution in [0.1, 0.15) is 22.5 Å². The van der Waals surface area contributed by atoms with Crippen LogP contribution in [0.3, 0.4) is 0 Å². The first kappa shape index (κ1) is 16.4. The van der Waals surface area contributed by atoms with Crippen molar-refractivity contribution >= 4 is 11.5 Å². The molecule has 0 unspecified atom stereocenters. The highest BCUT2D eigenvalue weighted by Gasteiger charge is 2.10. The van der Waals surface area contributed by atoms with Gasteiger partial charge < -0.3 is 10.3 Å². The Morgan fingerprint density at radius 1 is 1.20 bits per heavy atom. The van der Waals surface area contributed by atoms with Gasteiger partial charge in [0.15, 0.2) is 0 Å². The molecule has 1 heterocycles. The molecule has 0 bridgehead atoms. The summed E-state index contributed by atoms with van der Waals surface area (Å²) in [5.41, 5.74) is 8.13. The summed E-state index contributed by atoms with van der Waals surface area (Å²) in [6.45, 7) is 0.589. The maximum atomic E-state index is 10.9. The molecule has 2 aromatic carbocycles. The van der Waals surface area contributed by atoms with Gasteiger partial charge in [-0.15, -0.1) is 0 Å². The summed E-state index contributed by atoms with van der Waals surface area (Å²) in [4.78, 5) is 14.9. The van der Waals surface area contributed by atoms with Crippen LogP contribution >= 0.6 is 0 Å². The van der Waals surface area contributed by atoms with E-state index in [0.717, 1.165) is 17.0 Å². The maximum Gasteiger partial charge on any atom is 0.269 e. The number of nitrogens with zero attached hydrogens (tertiary/aromatic N) is 3. The molecular formula is C18H17N5O2. The van der Waals surface area contributed by atoms with E-state index in [4.69, 9.17) is 11.1 Å². The molecule has 0 fully saturated rings. The van der Waals surface area contributed by atoms with Crippen LogP contribution in [0.15, 0.2) is 60.9 Å². The van der Waals surface area contributed by atoms with Gasteiger partial charge in [0.25, 0.3) is 5.69 Å². The Hall–Kier alpha value is -3.48. The van der Waals surface area contributed by atoms with E-state index >= 15 is 0 Å². The average molecular weight is 335 g/mol. The highest BCUT2D eigenvalue weighted by molar-refractivity contribution is 5.95. The lowest BCUT2D eigenvalue weighted by atomic mass is 10.1. The number of imidazole rings is 1. The second-order valence-electron chi connectivity index (χ2n) is 5.69. The van der Waals surface area contributed by atoms with Gasteiger partial charge in [0.05, 0.1) is 4.92 Å². The quantitative estimate of drug-likeness (QED) is 0.312. The Morgan fingerprint density at radius 2 is 1.96 bits per heavy atom. The van der Waals surface area contributed by atoms with Crippen LogP contribution in [0.2, 0.25) is 0 Å². The Bertz CT molecular complexity index is 858. The molecule has 1 aromatic heterocycles. The molecule has 0 aliphatic carbocycles.